The number of thiazole rings is 1. The van der Waals surface area contributed by atoms with Crippen LogP contribution >= 0.6 is 11.3 Å². The molecule has 0 saturated carbocycles. The Hall–Kier alpha value is -4.16. The fraction of sp³-hybridized carbons (Fsp3) is 0.333. The highest BCUT2D eigenvalue weighted by molar-refractivity contribution is 7.09. The zero-order valence-corrected chi connectivity index (χ0v) is 26.1. The van der Waals surface area contributed by atoms with Crippen molar-refractivity contribution in [3.05, 3.63) is 105 Å². The van der Waals surface area contributed by atoms with Gasteiger partial charge in [-0.15, -0.1) is 11.3 Å². The number of carbonyl (C=O) groups is 2. The molecule has 10 nitrogen and oxygen atoms in total. The van der Waals surface area contributed by atoms with Crippen molar-refractivity contribution in [3.8, 4) is 0 Å². The van der Waals surface area contributed by atoms with Crippen molar-refractivity contribution in [2.24, 2.45) is 10.4 Å². The number of fused-ring (bicyclic) bond motifs is 1. The first-order valence-electron chi connectivity index (χ1n) is 14.3. The van der Waals surface area contributed by atoms with Gasteiger partial charge in [0.05, 0.1) is 5.01 Å². The molecule has 2 aliphatic rings. The van der Waals surface area contributed by atoms with Gasteiger partial charge in [0.2, 0.25) is 5.91 Å². The molecule has 11 heteroatoms. The van der Waals surface area contributed by atoms with E-state index in [0.29, 0.717) is 30.0 Å². The van der Waals surface area contributed by atoms with Crippen molar-refractivity contribution in [2.45, 2.75) is 45.8 Å². The molecule has 0 saturated heterocycles. The quantitative estimate of drug-likeness (QED) is 0.214. The van der Waals surface area contributed by atoms with Crippen LogP contribution < -0.4 is 10.6 Å². The summed E-state index contributed by atoms with van der Waals surface area (Å²) >= 11 is 1.38. The zero-order chi connectivity index (χ0) is 31.4. The number of methoxy groups -OCH3 is 2. The first-order valence-corrected chi connectivity index (χ1v) is 15.1. The number of benzene rings is 2. The number of anilines is 1. The molecule has 0 radical (unpaired) electrons. The molecular formula is C33H37N5O5S. The van der Waals surface area contributed by atoms with Gasteiger partial charge in [0.1, 0.15) is 24.3 Å². The molecule has 44 heavy (non-hydrogen) atoms. The van der Waals surface area contributed by atoms with E-state index in [4.69, 9.17) is 9.47 Å². The van der Waals surface area contributed by atoms with Crippen LogP contribution in [0.4, 0.5) is 5.69 Å². The monoisotopic (exact) mass is 615 g/mol. The van der Waals surface area contributed by atoms with Crippen LogP contribution in [0, 0.1) is 12.3 Å². The average Bonchev–Trinajstić information content (AvgIpc) is 3.69. The number of allylic oxidation sites excluding steroid dienone is 1. The number of aryl methyl sites for hydroxylation is 1. The van der Waals surface area contributed by atoms with Crippen LogP contribution in [0.2, 0.25) is 0 Å². The summed E-state index contributed by atoms with van der Waals surface area (Å²) < 4.78 is 11.0. The van der Waals surface area contributed by atoms with E-state index >= 15 is 0 Å². The molecule has 0 bridgehead atoms. The molecular weight excluding hydrogens is 578 g/mol. The lowest BCUT2D eigenvalue weighted by atomic mass is 9.78. The summed E-state index contributed by atoms with van der Waals surface area (Å²) in [5, 5.41) is 19.5. The molecule has 2 unspecified atom stereocenters. The predicted molar refractivity (Wildman–Crippen MR) is 170 cm³/mol. The molecule has 3 N–H and O–H groups in total. The molecule has 2 atom stereocenters. The number of hydrogen-bond acceptors (Lipinski definition) is 9. The van der Waals surface area contributed by atoms with Crippen molar-refractivity contribution >= 4 is 35.1 Å². The molecule has 230 valence electrons. The van der Waals surface area contributed by atoms with Gasteiger partial charge >= 0.3 is 0 Å². The number of aromatic nitrogens is 1. The fourth-order valence-electron chi connectivity index (χ4n) is 5.98. The first-order chi connectivity index (χ1) is 21.2. The van der Waals surface area contributed by atoms with E-state index in [1.54, 1.807) is 31.9 Å². The number of amides is 2. The zero-order valence-electron chi connectivity index (χ0n) is 25.3. The smallest absolute Gasteiger partial charge is 0.274 e. The summed E-state index contributed by atoms with van der Waals surface area (Å²) in [7, 11) is 3.10. The number of aliphatic imine (C=N–C) groups is 1. The molecule has 3 aromatic rings. The van der Waals surface area contributed by atoms with Crippen LogP contribution in [0.15, 0.2) is 76.9 Å². The lowest BCUT2D eigenvalue weighted by Crippen LogP contribution is -2.39. The van der Waals surface area contributed by atoms with Gasteiger partial charge in [0.25, 0.3) is 5.91 Å². The minimum absolute atomic E-state index is 0.155. The van der Waals surface area contributed by atoms with Crippen molar-refractivity contribution in [1.29, 1.82) is 0 Å². The minimum atomic E-state index is -0.780. The average molecular weight is 616 g/mol. The Labute approximate surface area is 261 Å². The Morgan fingerprint density at radius 1 is 1.23 bits per heavy atom. The van der Waals surface area contributed by atoms with Crippen molar-refractivity contribution in [3.63, 3.8) is 0 Å². The second-order valence-electron chi connectivity index (χ2n) is 11.0. The largest absolute Gasteiger partial charge is 0.373 e. The lowest BCUT2D eigenvalue weighted by molar-refractivity contribution is -0.117. The molecule has 1 aliphatic carbocycles. The predicted octanol–water partition coefficient (Wildman–Crippen LogP) is 4.52. The molecule has 0 fully saturated rings. The van der Waals surface area contributed by atoms with Gasteiger partial charge in [-0.3, -0.25) is 9.59 Å². The number of hydrogen-bond donors (Lipinski definition) is 3. The van der Waals surface area contributed by atoms with Crippen LogP contribution in [0.3, 0.4) is 0 Å². The second-order valence-corrected chi connectivity index (χ2v) is 12.1. The number of aliphatic hydroxyl groups is 1. The highest BCUT2D eigenvalue weighted by atomic mass is 32.1. The molecule has 2 aromatic carbocycles. The summed E-state index contributed by atoms with van der Waals surface area (Å²) in [4.78, 5) is 37.3. The van der Waals surface area contributed by atoms with Crippen molar-refractivity contribution in [2.75, 3.05) is 26.1 Å². The van der Waals surface area contributed by atoms with E-state index in [0.717, 1.165) is 32.8 Å². The summed E-state index contributed by atoms with van der Waals surface area (Å²) in [5.74, 6) is -0.0330. The Morgan fingerprint density at radius 2 is 1.98 bits per heavy atom. The maximum atomic E-state index is 13.6. The van der Waals surface area contributed by atoms with E-state index in [-0.39, 0.29) is 24.9 Å². The normalized spacial score (nSPS) is 19.1. The van der Waals surface area contributed by atoms with Crippen LogP contribution in [-0.2, 0) is 33.7 Å². The lowest BCUT2D eigenvalue weighted by Gasteiger charge is -2.28. The SMILES string of the molecule is C=C/C=N\C1=C(C)C2(Cc3ccc(NC(=O)CN(Cc4ccccc4C(OC)OC)C(=O)c4csc(C)n4)cc3C2)C(O)N1. The van der Waals surface area contributed by atoms with E-state index in [2.05, 4.69) is 27.2 Å². The third-order valence-electron chi connectivity index (χ3n) is 8.27. The molecule has 1 aromatic heterocycles. The number of nitrogens with zero attached hydrogens (tertiary/aromatic N) is 3. The Bertz CT molecular complexity index is 1630. The van der Waals surface area contributed by atoms with Crippen LogP contribution in [0.5, 0.6) is 0 Å². The van der Waals surface area contributed by atoms with Gasteiger partial charge in [-0.2, -0.15) is 0 Å². The molecule has 1 aliphatic heterocycles. The van der Waals surface area contributed by atoms with Gasteiger partial charge in [-0.05, 0) is 61.1 Å². The number of rotatable bonds is 11. The van der Waals surface area contributed by atoms with Gasteiger partial charge < -0.3 is 30.1 Å². The van der Waals surface area contributed by atoms with Gasteiger partial charge in [-0.25, -0.2) is 9.98 Å². The third-order valence-corrected chi connectivity index (χ3v) is 9.04. The van der Waals surface area contributed by atoms with Gasteiger partial charge in [0.15, 0.2) is 6.29 Å². The van der Waals surface area contributed by atoms with E-state index in [1.165, 1.54) is 16.2 Å². The molecule has 2 heterocycles. The van der Waals surface area contributed by atoms with Gasteiger partial charge in [-0.1, -0.05) is 43.0 Å². The summed E-state index contributed by atoms with van der Waals surface area (Å²) in [6, 6.07) is 13.3. The number of nitrogens with one attached hydrogen (secondary N) is 2. The van der Waals surface area contributed by atoms with Crippen LogP contribution in [-0.4, -0.2) is 60.0 Å². The van der Waals surface area contributed by atoms with Crippen LogP contribution in [0.1, 0.15) is 51.0 Å². The Kier molecular flexibility index (Phi) is 9.40. The maximum Gasteiger partial charge on any atom is 0.274 e. The summed E-state index contributed by atoms with van der Waals surface area (Å²) in [5.41, 5.74) is 5.10. The molecule has 1 spiro atoms. The van der Waals surface area contributed by atoms with E-state index < -0.39 is 17.9 Å². The fourth-order valence-corrected chi connectivity index (χ4v) is 6.57. The summed E-state index contributed by atoms with van der Waals surface area (Å²) in [6.45, 7) is 7.46. The number of ether oxygens (including phenoxy) is 2. The van der Waals surface area contributed by atoms with Crippen molar-refractivity contribution < 1.29 is 24.2 Å². The van der Waals surface area contributed by atoms with E-state index in [1.807, 2.05) is 56.3 Å². The standard InChI is InChI=1S/C33H37N5O5S/c1-6-13-34-29-20(2)33(32(41)37-29)15-22-11-12-25(14-24(22)16-33)36-28(39)18-38(30(40)27-19-44-21(3)35-27)17-23-9-7-8-10-26(23)31(42-4)43-5/h6-14,19,31-32,37,41H,1,15-18H2,2-5H3,(H,36,39)/b34-13-. The highest BCUT2D eigenvalue weighted by Gasteiger charge is 2.50. The first kappa shape index (κ1) is 31.3. The summed E-state index contributed by atoms with van der Waals surface area (Å²) in [6.07, 6.45) is 3.05. The number of aliphatic hydroxyl groups excluding tert-OH is 1. The Morgan fingerprint density at radius 3 is 2.68 bits per heavy atom. The highest BCUT2D eigenvalue weighted by Crippen LogP contribution is 2.49. The van der Waals surface area contributed by atoms with Crippen molar-refractivity contribution in [1.82, 2.24) is 15.2 Å². The maximum absolute atomic E-state index is 13.6. The minimum Gasteiger partial charge on any atom is -0.373 e. The van der Waals surface area contributed by atoms with E-state index in [9.17, 15) is 14.7 Å². The topological polar surface area (TPSA) is 125 Å². The molecule has 2 amide bonds. The van der Waals surface area contributed by atoms with Crippen LogP contribution in [0.25, 0.3) is 0 Å². The molecule has 5 rings (SSSR count). The Balaban J connectivity index is 1.35. The third kappa shape index (κ3) is 6.22. The second kappa shape index (κ2) is 13.2. The number of carbonyl (C=O) groups excluding carboxylic acids is 2. The van der Waals surface area contributed by atoms with Gasteiger partial charge in [0, 0.05) is 49.0 Å².